The zero-order valence-corrected chi connectivity index (χ0v) is 13.5. The molecule has 0 spiro atoms. The van der Waals surface area contributed by atoms with Gasteiger partial charge in [0.05, 0.1) is 27.0 Å². The number of urea groups is 1. The summed E-state index contributed by atoms with van der Waals surface area (Å²) in [6.07, 6.45) is -4.83. The topological polar surface area (TPSA) is 92.6 Å². The summed E-state index contributed by atoms with van der Waals surface area (Å²) in [6, 6.07) is 0.207. The lowest BCUT2D eigenvalue weighted by atomic mass is 10.1. The highest BCUT2D eigenvalue weighted by Crippen LogP contribution is 2.43. The number of carbonyl (C=O) groups is 1. The van der Waals surface area contributed by atoms with Crippen LogP contribution in [0.3, 0.4) is 0 Å². The molecule has 1 N–H and O–H groups in total. The Morgan fingerprint density at radius 3 is 2.58 bits per heavy atom. The summed E-state index contributed by atoms with van der Waals surface area (Å²) < 4.78 is 51.0. The van der Waals surface area contributed by atoms with Gasteiger partial charge in [0.1, 0.15) is 10.8 Å². The lowest BCUT2D eigenvalue weighted by Gasteiger charge is -2.18. The highest BCUT2D eigenvalue weighted by atomic mass is 32.2. The van der Waals surface area contributed by atoms with Crippen LogP contribution in [0.15, 0.2) is 17.0 Å². The maximum atomic E-state index is 13.0. The molecule has 1 aromatic rings. The second-order valence-corrected chi connectivity index (χ2v) is 6.94. The van der Waals surface area contributed by atoms with Gasteiger partial charge in [-0.15, -0.1) is 0 Å². The van der Waals surface area contributed by atoms with Gasteiger partial charge in [-0.05, 0) is 12.0 Å². The zero-order chi connectivity index (χ0) is 18.2. The van der Waals surface area contributed by atoms with Crippen LogP contribution in [0.2, 0.25) is 0 Å². The SMILES string of the molecule is CC(C)CNC(=O)N1CS(=O)c2c1cc(C(F)(F)F)cc2[N+](=O)[O-]. The minimum Gasteiger partial charge on any atom is -0.337 e. The summed E-state index contributed by atoms with van der Waals surface area (Å²) in [7, 11) is -1.97. The first-order valence-electron chi connectivity index (χ1n) is 6.85. The summed E-state index contributed by atoms with van der Waals surface area (Å²) >= 11 is 0. The van der Waals surface area contributed by atoms with Crippen LogP contribution in [0.1, 0.15) is 19.4 Å². The summed E-state index contributed by atoms with van der Waals surface area (Å²) in [5.74, 6) is -0.334. The second kappa shape index (κ2) is 6.38. The van der Waals surface area contributed by atoms with Gasteiger partial charge < -0.3 is 5.32 Å². The Labute approximate surface area is 137 Å². The number of amides is 2. The number of fused-ring (bicyclic) bond motifs is 1. The quantitative estimate of drug-likeness (QED) is 0.658. The minimum absolute atomic E-state index is 0.0948. The van der Waals surface area contributed by atoms with Gasteiger partial charge in [0.15, 0.2) is 0 Å². The van der Waals surface area contributed by atoms with Crippen molar-refractivity contribution in [3.8, 4) is 0 Å². The first-order valence-corrected chi connectivity index (χ1v) is 8.17. The molecule has 2 rings (SSSR count). The number of benzene rings is 1. The molecule has 24 heavy (non-hydrogen) atoms. The molecule has 1 atom stereocenters. The normalized spacial score (nSPS) is 17.1. The maximum Gasteiger partial charge on any atom is 0.416 e. The molecule has 0 radical (unpaired) electrons. The third kappa shape index (κ3) is 3.50. The molecule has 132 valence electrons. The van der Waals surface area contributed by atoms with Crippen molar-refractivity contribution in [1.29, 1.82) is 0 Å². The number of rotatable bonds is 3. The largest absolute Gasteiger partial charge is 0.416 e. The number of halogens is 3. The van der Waals surface area contributed by atoms with Crippen molar-refractivity contribution in [1.82, 2.24) is 5.32 Å². The lowest BCUT2D eigenvalue weighted by Crippen LogP contribution is -2.40. The molecule has 0 bridgehead atoms. The van der Waals surface area contributed by atoms with Crippen molar-refractivity contribution >= 4 is 28.2 Å². The summed E-state index contributed by atoms with van der Waals surface area (Å²) in [5.41, 5.74) is -2.53. The molecule has 7 nitrogen and oxygen atoms in total. The summed E-state index contributed by atoms with van der Waals surface area (Å²) in [4.78, 5) is 22.6. The van der Waals surface area contributed by atoms with Crippen LogP contribution in [0.4, 0.5) is 29.3 Å². The van der Waals surface area contributed by atoms with Crippen molar-refractivity contribution in [2.24, 2.45) is 5.92 Å². The van der Waals surface area contributed by atoms with Crippen molar-refractivity contribution in [2.75, 3.05) is 17.3 Å². The molecule has 1 aliphatic rings. The molecule has 0 saturated heterocycles. The van der Waals surface area contributed by atoms with Gasteiger partial charge in [0.25, 0.3) is 5.69 Å². The van der Waals surface area contributed by atoms with Gasteiger partial charge in [-0.25, -0.2) is 4.79 Å². The predicted molar refractivity (Wildman–Crippen MR) is 80.1 cm³/mol. The smallest absolute Gasteiger partial charge is 0.337 e. The third-order valence-corrected chi connectivity index (χ3v) is 4.61. The molecule has 0 fully saturated rings. The van der Waals surface area contributed by atoms with Crippen molar-refractivity contribution in [3.05, 3.63) is 27.8 Å². The Morgan fingerprint density at radius 2 is 2.08 bits per heavy atom. The van der Waals surface area contributed by atoms with E-state index in [1.165, 1.54) is 0 Å². The van der Waals surface area contributed by atoms with Crippen LogP contribution < -0.4 is 10.2 Å². The standard InChI is InChI=1S/C13H14F3N3O4S/c1-7(2)5-17-12(20)18-6-24(23)11-9(18)3-8(13(14,15)16)4-10(11)19(21)22/h3-4,7H,5-6H2,1-2H3,(H,17,20). The molecule has 1 aromatic carbocycles. The minimum atomic E-state index is -4.83. The van der Waals surface area contributed by atoms with Crippen LogP contribution >= 0.6 is 0 Å². The Bertz CT molecular complexity index is 721. The number of nitro benzene ring substituents is 1. The average molecular weight is 365 g/mol. The number of nitro groups is 1. The van der Waals surface area contributed by atoms with E-state index < -0.39 is 45.1 Å². The molecule has 1 heterocycles. The molecule has 2 amide bonds. The average Bonchev–Trinajstić information content (AvgIpc) is 2.80. The molecule has 1 unspecified atom stereocenters. The fourth-order valence-corrected chi connectivity index (χ4v) is 3.53. The number of anilines is 1. The molecule has 1 aliphatic heterocycles. The Hall–Kier alpha value is -2.17. The molecule has 0 saturated carbocycles. The van der Waals surface area contributed by atoms with Crippen molar-refractivity contribution in [2.45, 2.75) is 24.9 Å². The zero-order valence-electron chi connectivity index (χ0n) is 12.7. The number of hydrogen-bond acceptors (Lipinski definition) is 4. The first-order chi connectivity index (χ1) is 11.0. The van der Waals surface area contributed by atoms with Gasteiger partial charge in [-0.1, -0.05) is 13.8 Å². The number of nitrogens with zero attached hydrogens (tertiary/aromatic N) is 2. The lowest BCUT2D eigenvalue weighted by molar-refractivity contribution is -0.387. The summed E-state index contributed by atoms with van der Waals surface area (Å²) in [6.45, 7) is 3.91. The van der Waals surface area contributed by atoms with Crippen LogP contribution in [0.25, 0.3) is 0 Å². The Morgan fingerprint density at radius 1 is 1.46 bits per heavy atom. The van der Waals surface area contributed by atoms with Gasteiger partial charge in [-0.2, -0.15) is 13.2 Å². The van der Waals surface area contributed by atoms with E-state index in [-0.39, 0.29) is 23.0 Å². The fourth-order valence-electron chi connectivity index (χ4n) is 2.14. The maximum absolute atomic E-state index is 13.0. The van der Waals surface area contributed by atoms with Gasteiger partial charge in [-0.3, -0.25) is 19.2 Å². The van der Waals surface area contributed by atoms with Gasteiger partial charge >= 0.3 is 12.2 Å². The van der Waals surface area contributed by atoms with E-state index in [4.69, 9.17) is 0 Å². The monoisotopic (exact) mass is 365 g/mol. The Balaban J connectivity index is 2.52. The van der Waals surface area contributed by atoms with E-state index in [9.17, 15) is 32.3 Å². The Kier molecular flexibility index (Phi) is 4.83. The van der Waals surface area contributed by atoms with E-state index in [1.54, 1.807) is 0 Å². The highest BCUT2D eigenvalue weighted by Gasteiger charge is 2.41. The number of nitrogens with one attached hydrogen (secondary N) is 1. The fraction of sp³-hybridized carbons (Fsp3) is 0.462. The van der Waals surface area contributed by atoms with Crippen molar-refractivity contribution in [3.63, 3.8) is 0 Å². The van der Waals surface area contributed by atoms with Gasteiger partial charge in [0, 0.05) is 12.6 Å². The number of carbonyl (C=O) groups excluding carboxylic acids is 1. The second-order valence-electron chi connectivity index (χ2n) is 5.58. The molecule has 0 aromatic heterocycles. The summed E-state index contributed by atoms with van der Waals surface area (Å²) in [5, 5.41) is 13.6. The van der Waals surface area contributed by atoms with Crippen molar-refractivity contribution < 1.29 is 27.1 Å². The van der Waals surface area contributed by atoms with E-state index in [0.717, 1.165) is 4.90 Å². The third-order valence-electron chi connectivity index (χ3n) is 3.25. The predicted octanol–water partition coefficient (Wildman–Crippen LogP) is 2.86. The van der Waals surface area contributed by atoms with E-state index in [1.807, 2.05) is 13.8 Å². The van der Waals surface area contributed by atoms with Crippen LogP contribution in [-0.4, -0.2) is 27.6 Å². The highest BCUT2D eigenvalue weighted by molar-refractivity contribution is 7.85. The molecular weight excluding hydrogens is 351 g/mol. The van der Waals surface area contributed by atoms with Crippen LogP contribution in [-0.2, 0) is 17.0 Å². The molecule has 11 heteroatoms. The first kappa shape index (κ1) is 18.2. The molecule has 0 aliphatic carbocycles. The van der Waals surface area contributed by atoms with E-state index in [2.05, 4.69) is 5.32 Å². The van der Waals surface area contributed by atoms with Crippen LogP contribution in [0.5, 0.6) is 0 Å². The number of alkyl halides is 3. The molecular formula is C13H14F3N3O4S. The van der Waals surface area contributed by atoms with E-state index >= 15 is 0 Å². The van der Waals surface area contributed by atoms with Gasteiger partial charge in [0.2, 0.25) is 0 Å². The van der Waals surface area contributed by atoms with Crippen LogP contribution in [0, 0.1) is 16.0 Å². The van der Waals surface area contributed by atoms with E-state index in [0.29, 0.717) is 12.1 Å². The number of hydrogen-bond donors (Lipinski definition) is 1.